The topological polar surface area (TPSA) is 91.6 Å². The van der Waals surface area contributed by atoms with Crippen molar-refractivity contribution in [2.45, 2.75) is 82.7 Å². The van der Waals surface area contributed by atoms with Crippen LogP contribution < -0.4 is 11.1 Å². The van der Waals surface area contributed by atoms with Gasteiger partial charge in [0.1, 0.15) is 6.04 Å². The molecule has 1 aliphatic heterocycles. The lowest BCUT2D eigenvalue weighted by atomic mass is 9.90. The summed E-state index contributed by atoms with van der Waals surface area (Å²) in [6.07, 6.45) is 8.27. The van der Waals surface area contributed by atoms with Gasteiger partial charge in [-0.05, 0) is 80.2 Å². The number of hydrogen-bond acceptors (Lipinski definition) is 6. The lowest BCUT2D eigenvalue weighted by Gasteiger charge is -2.43. The van der Waals surface area contributed by atoms with E-state index in [1.807, 2.05) is 0 Å². The second-order valence-corrected chi connectivity index (χ2v) is 12.0. The molecule has 8 heteroatoms. The molecule has 2 amide bonds. The fraction of sp³-hybridized carbons (Fsp3) is 0.452. The van der Waals surface area contributed by atoms with Crippen molar-refractivity contribution in [3.63, 3.8) is 0 Å². The molecule has 1 aromatic carbocycles. The van der Waals surface area contributed by atoms with Gasteiger partial charge in [0.15, 0.2) is 0 Å². The predicted molar refractivity (Wildman–Crippen MR) is 155 cm³/mol. The van der Waals surface area contributed by atoms with Gasteiger partial charge in [-0.1, -0.05) is 30.3 Å². The Morgan fingerprint density at radius 3 is 2.59 bits per heavy atom. The zero-order valence-corrected chi connectivity index (χ0v) is 23.5. The van der Waals surface area contributed by atoms with Crippen LogP contribution in [0.1, 0.15) is 64.9 Å². The van der Waals surface area contributed by atoms with Crippen LogP contribution in [0.2, 0.25) is 0 Å². The van der Waals surface area contributed by atoms with Crippen LogP contribution in [0, 0.1) is 6.92 Å². The smallest absolute Gasteiger partial charge is 0.256 e. The number of carbonyl (C=O) groups excluding carboxylic acids is 2. The van der Waals surface area contributed by atoms with Crippen molar-refractivity contribution in [3.8, 4) is 0 Å². The van der Waals surface area contributed by atoms with Crippen LogP contribution in [0.4, 0.5) is 0 Å². The highest BCUT2D eigenvalue weighted by Gasteiger charge is 2.39. The second kappa shape index (κ2) is 12.9. The van der Waals surface area contributed by atoms with E-state index in [1.54, 1.807) is 40.8 Å². The molecule has 5 rings (SSSR count). The first kappa shape index (κ1) is 27.5. The molecule has 206 valence electrons. The van der Waals surface area contributed by atoms with Gasteiger partial charge < -0.3 is 16.0 Å². The van der Waals surface area contributed by atoms with E-state index in [0.717, 1.165) is 45.2 Å². The molecule has 3 aromatic rings. The summed E-state index contributed by atoms with van der Waals surface area (Å²) in [4.78, 5) is 37.1. The lowest BCUT2D eigenvalue weighted by molar-refractivity contribution is -0.128. The van der Waals surface area contributed by atoms with Crippen molar-refractivity contribution in [1.29, 1.82) is 0 Å². The fourth-order valence-electron chi connectivity index (χ4n) is 5.91. The maximum Gasteiger partial charge on any atom is 0.256 e. The van der Waals surface area contributed by atoms with Crippen LogP contribution in [0.5, 0.6) is 0 Å². The fourth-order valence-corrected chi connectivity index (χ4v) is 6.64. The Morgan fingerprint density at radius 2 is 1.87 bits per heavy atom. The number of nitrogens with two attached hydrogens (primary N) is 1. The lowest BCUT2D eigenvalue weighted by Crippen LogP contribution is -2.58. The minimum atomic E-state index is -0.533. The van der Waals surface area contributed by atoms with Gasteiger partial charge in [0, 0.05) is 55.0 Å². The first-order chi connectivity index (χ1) is 19.0. The SMILES string of the molecule is Cc1ccccc1CN(Cc1cccs1)C1CCN(C(=O)c2cccnc2)[C@@H](C(=O)NC2CCC(N)CC2)C1. The monoisotopic (exact) mass is 545 g/mol. The van der Waals surface area contributed by atoms with Crippen LogP contribution in [-0.4, -0.2) is 57.3 Å². The maximum absolute atomic E-state index is 13.8. The number of amides is 2. The minimum Gasteiger partial charge on any atom is -0.352 e. The second-order valence-electron chi connectivity index (χ2n) is 11.0. The Morgan fingerprint density at radius 1 is 1.05 bits per heavy atom. The molecule has 2 aromatic heterocycles. The minimum absolute atomic E-state index is 0.0515. The largest absolute Gasteiger partial charge is 0.352 e. The molecule has 39 heavy (non-hydrogen) atoms. The van der Waals surface area contributed by atoms with Gasteiger partial charge >= 0.3 is 0 Å². The van der Waals surface area contributed by atoms with Crippen molar-refractivity contribution < 1.29 is 9.59 Å². The normalized spacial score (nSPS) is 23.5. The molecular formula is C31H39N5O2S. The molecule has 1 unspecified atom stereocenters. The van der Waals surface area contributed by atoms with Crippen molar-refractivity contribution in [2.75, 3.05) is 6.54 Å². The number of thiophene rings is 1. The Bertz CT molecular complexity index is 1230. The maximum atomic E-state index is 13.8. The van der Waals surface area contributed by atoms with Crippen molar-refractivity contribution in [1.82, 2.24) is 20.1 Å². The van der Waals surface area contributed by atoms with Crippen LogP contribution >= 0.6 is 11.3 Å². The molecule has 0 radical (unpaired) electrons. The zero-order valence-electron chi connectivity index (χ0n) is 22.7. The highest BCUT2D eigenvalue weighted by Crippen LogP contribution is 2.29. The molecule has 1 saturated carbocycles. The van der Waals surface area contributed by atoms with E-state index in [-0.39, 0.29) is 29.9 Å². The summed E-state index contributed by atoms with van der Waals surface area (Å²) in [6, 6.07) is 16.3. The number of benzene rings is 1. The number of aryl methyl sites for hydroxylation is 1. The Hall–Kier alpha value is -3.07. The average molecular weight is 546 g/mol. The van der Waals surface area contributed by atoms with Gasteiger partial charge in [0.2, 0.25) is 5.91 Å². The molecule has 2 aliphatic rings. The molecule has 1 saturated heterocycles. The van der Waals surface area contributed by atoms with Crippen LogP contribution in [0.3, 0.4) is 0 Å². The van der Waals surface area contributed by atoms with Gasteiger partial charge in [-0.25, -0.2) is 0 Å². The number of rotatable bonds is 8. The third-order valence-electron chi connectivity index (χ3n) is 8.26. The van der Waals surface area contributed by atoms with Gasteiger partial charge in [-0.15, -0.1) is 11.3 Å². The molecule has 2 fully saturated rings. The Kier molecular flexibility index (Phi) is 9.06. The number of hydrogen-bond donors (Lipinski definition) is 2. The number of likely N-dealkylation sites (tertiary alicyclic amines) is 1. The standard InChI is InChI=1S/C31H39N5O2S/c1-22-6-2-3-7-24(22)20-35(21-28-9-5-17-39-28)27-14-16-36(31(38)23-8-4-15-33-19-23)29(18-27)30(37)34-26-12-10-25(32)11-13-26/h2-9,15,17,19,25-27,29H,10-14,16,18,20-21,32H2,1H3,(H,34,37)/t25?,26?,27?,29-/m1/s1. The van der Waals surface area contributed by atoms with Gasteiger partial charge in [0.25, 0.3) is 5.91 Å². The number of carbonyl (C=O) groups is 2. The molecule has 3 heterocycles. The van der Waals surface area contributed by atoms with Crippen LogP contribution in [0.15, 0.2) is 66.3 Å². The summed E-state index contributed by atoms with van der Waals surface area (Å²) in [5.74, 6) is -0.180. The van der Waals surface area contributed by atoms with Gasteiger partial charge in [0.05, 0.1) is 5.56 Å². The zero-order chi connectivity index (χ0) is 27.2. The quantitative estimate of drug-likeness (QED) is 0.435. The van der Waals surface area contributed by atoms with Crippen molar-refractivity contribution >= 4 is 23.2 Å². The molecular weight excluding hydrogens is 506 g/mol. The average Bonchev–Trinajstić information content (AvgIpc) is 3.48. The third kappa shape index (κ3) is 6.93. The van der Waals surface area contributed by atoms with Gasteiger partial charge in [-0.2, -0.15) is 0 Å². The third-order valence-corrected chi connectivity index (χ3v) is 9.12. The number of nitrogens with one attached hydrogen (secondary N) is 1. The molecule has 1 aliphatic carbocycles. The first-order valence-electron chi connectivity index (χ1n) is 14.1. The van der Waals surface area contributed by atoms with E-state index < -0.39 is 6.04 Å². The van der Waals surface area contributed by atoms with Crippen LogP contribution in [0.25, 0.3) is 0 Å². The molecule has 7 nitrogen and oxygen atoms in total. The highest BCUT2D eigenvalue weighted by atomic mass is 32.1. The number of nitrogens with zero attached hydrogens (tertiary/aromatic N) is 3. The number of aromatic nitrogens is 1. The predicted octanol–water partition coefficient (Wildman–Crippen LogP) is 4.51. The molecule has 0 bridgehead atoms. The van der Waals surface area contributed by atoms with E-state index in [4.69, 9.17) is 5.73 Å². The number of piperidine rings is 1. The highest BCUT2D eigenvalue weighted by molar-refractivity contribution is 7.09. The van der Waals surface area contributed by atoms with E-state index >= 15 is 0 Å². The van der Waals surface area contributed by atoms with Crippen LogP contribution in [-0.2, 0) is 17.9 Å². The summed E-state index contributed by atoms with van der Waals surface area (Å²) >= 11 is 1.76. The number of pyridine rings is 1. The summed E-state index contributed by atoms with van der Waals surface area (Å²) in [7, 11) is 0. The van der Waals surface area contributed by atoms with E-state index in [9.17, 15) is 9.59 Å². The van der Waals surface area contributed by atoms with E-state index in [1.165, 1.54) is 16.0 Å². The van der Waals surface area contributed by atoms with Gasteiger partial charge in [-0.3, -0.25) is 19.5 Å². The Balaban J connectivity index is 1.39. The molecule has 0 spiro atoms. The Labute approximate surface area is 235 Å². The summed E-state index contributed by atoms with van der Waals surface area (Å²) in [5, 5.41) is 5.40. The first-order valence-corrected chi connectivity index (χ1v) is 14.9. The van der Waals surface area contributed by atoms with E-state index in [2.05, 4.69) is 63.9 Å². The summed E-state index contributed by atoms with van der Waals surface area (Å²) in [5.41, 5.74) is 9.18. The molecule has 3 N–H and O–H groups in total. The summed E-state index contributed by atoms with van der Waals surface area (Å²) in [6.45, 7) is 4.31. The van der Waals surface area contributed by atoms with Crippen molar-refractivity contribution in [2.24, 2.45) is 5.73 Å². The van der Waals surface area contributed by atoms with Crippen molar-refractivity contribution in [3.05, 3.63) is 87.9 Å². The van der Waals surface area contributed by atoms with E-state index in [0.29, 0.717) is 18.5 Å². The summed E-state index contributed by atoms with van der Waals surface area (Å²) < 4.78 is 0. The molecule has 2 atom stereocenters.